The average Bonchev–Trinajstić information content (AvgIpc) is 3.84. The fraction of sp³-hybridized carbons (Fsp3) is 0.281. The first kappa shape index (κ1) is 37.1. The van der Waals surface area contributed by atoms with Crippen LogP contribution in [0.5, 0.6) is 11.5 Å². The quantitative estimate of drug-likeness (QED) is 0.102. The second kappa shape index (κ2) is 16.3. The minimum Gasteiger partial charge on any atom is -0.458 e. The highest BCUT2D eigenvalue weighted by Gasteiger charge is 2.22. The van der Waals surface area contributed by atoms with Crippen LogP contribution in [0.15, 0.2) is 140 Å². The summed E-state index contributed by atoms with van der Waals surface area (Å²) in [6, 6.07) is 43.0. The summed E-state index contributed by atoms with van der Waals surface area (Å²) in [6.07, 6.45) is 3.76. The van der Waals surface area contributed by atoms with E-state index in [2.05, 4.69) is 137 Å². The summed E-state index contributed by atoms with van der Waals surface area (Å²) in [5.41, 5.74) is 9.50. The summed E-state index contributed by atoms with van der Waals surface area (Å²) in [6.45, 7) is 20.6. The van der Waals surface area contributed by atoms with Gasteiger partial charge in [-0.05, 0) is 118 Å². The number of hydrogen-bond acceptors (Lipinski definition) is 3. The lowest BCUT2D eigenvalue weighted by Gasteiger charge is -2.20. The Balaban J connectivity index is 1.17. The van der Waals surface area contributed by atoms with Gasteiger partial charge in [0.15, 0.2) is 5.82 Å². The molecular weight excluding hydrogens is 771 g/mol. The first-order chi connectivity index (χ1) is 31.6. The van der Waals surface area contributed by atoms with Gasteiger partial charge in [-0.15, -0.1) is 0 Å². The van der Waals surface area contributed by atoms with Crippen molar-refractivity contribution < 1.29 is 14.8 Å². The molecule has 9 rings (SSSR count). The Labute approximate surface area is 378 Å². The molecule has 0 unspecified atom stereocenters. The smallest absolute Gasteiger partial charge is 0.271 e. The molecule has 0 spiro atoms. The summed E-state index contributed by atoms with van der Waals surface area (Å²) in [4.78, 5) is 9.76. The van der Waals surface area contributed by atoms with Crippen molar-refractivity contribution in [3.8, 4) is 39.9 Å². The SMILES string of the molecule is [2H]C([2H])(c1cc(-[n+]2[c-]n(-c3cc(Oc4ccc5c6cc(-c7ccccc7)ccc6n(-c6cc(C(C)(C)C)ccn6)c5c4)ccn3)c3ccc(C(C)(C)C)cc32)cc(C([2H])([2H])C(C)C)c1)C(C)C. The monoisotopic (exact) mass is 833 g/mol. The molecule has 6 nitrogen and oxygen atoms in total. The van der Waals surface area contributed by atoms with Crippen molar-refractivity contribution in [1.29, 1.82) is 0 Å². The third kappa shape index (κ3) is 8.52. The van der Waals surface area contributed by atoms with E-state index in [1.54, 1.807) is 12.3 Å². The van der Waals surface area contributed by atoms with E-state index in [-0.39, 0.29) is 22.7 Å². The molecule has 0 saturated heterocycles. The number of rotatable bonds is 10. The number of imidazole rings is 1. The third-order valence-corrected chi connectivity index (χ3v) is 11.5. The lowest BCUT2D eigenvalue weighted by molar-refractivity contribution is -0.572. The van der Waals surface area contributed by atoms with Crippen LogP contribution in [0, 0.1) is 18.2 Å². The topological polar surface area (TPSA) is 48.8 Å². The van der Waals surface area contributed by atoms with Gasteiger partial charge in [0.2, 0.25) is 0 Å². The number of benzene rings is 5. The van der Waals surface area contributed by atoms with E-state index in [0.29, 0.717) is 34.1 Å². The van der Waals surface area contributed by atoms with E-state index in [9.17, 15) is 0 Å². The Morgan fingerprint density at radius 2 is 1.24 bits per heavy atom. The summed E-state index contributed by atoms with van der Waals surface area (Å²) in [5, 5.41) is 2.20. The van der Waals surface area contributed by atoms with Crippen LogP contribution < -0.4 is 9.30 Å². The first-order valence-corrected chi connectivity index (χ1v) is 22.0. The Bertz CT molecular complexity index is 3280. The molecule has 4 aromatic heterocycles. The van der Waals surface area contributed by atoms with Gasteiger partial charge < -0.3 is 4.74 Å². The van der Waals surface area contributed by atoms with E-state index < -0.39 is 12.7 Å². The molecule has 318 valence electrons. The molecule has 0 N–H and O–H groups in total. The van der Waals surface area contributed by atoms with Crippen molar-refractivity contribution in [1.82, 2.24) is 19.1 Å². The molecule has 0 atom stereocenters. The van der Waals surface area contributed by atoms with E-state index in [4.69, 9.17) is 20.2 Å². The van der Waals surface area contributed by atoms with Gasteiger partial charge in [0.1, 0.15) is 17.3 Å². The van der Waals surface area contributed by atoms with Crippen molar-refractivity contribution in [3.63, 3.8) is 0 Å². The zero-order valence-corrected chi connectivity index (χ0v) is 38.1. The summed E-state index contributed by atoms with van der Waals surface area (Å²) in [5.74, 6) is 1.95. The zero-order valence-electron chi connectivity index (χ0n) is 42.1. The molecule has 0 aliphatic carbocycles. The molecule has 0 bridgehead atoms. The van der Waals surface area contributed by atoms with Crippen molar-refractivity contribution in [2.75, 3.05) is 0 Å². The molecule has 9 aromatic rings. The maximum Gasteiger partial charge on any atom is 0.271 e. The molecule has 63 heavy (non-hydrogen) atoms. The van der Waals surface area contributed by atoms with Gasteiger partial charge in [0.25, 0.3) is 6.33 Å². The number of nitrogens with zero attached hydrogens (tertiary/aromatic N) is 5. The van der Waals surface area contributed by atoms with Gasteiger partial charge in [-0.3, -0.25) is 18.7 Å². The maximum absolute atomic E-state index is 9.12. The summed E-state index contributed by atoms with van der Waals surface area (Å²) in [7, 11) is 0. The second-order valence-electron chi connectivity index (χ2n) is 19.3. The number of hydrogen-bond donors (Lipinski definition) is 0. The van der Waals surface area contributed by atoms with E-state index >= 15 is 0 Å². The molecule has 5 aromatic carbocycles. The maximum atomic E-state index is 9.12. The zero-order chi connectivity index (χ0) is 47.8. The number of fused-ring (bicyclic) bond motifs is 4. The van der Waals surface area contributed by atoms with E-state index in [1.807, 2.05) is 79.4 Å². The van der Waals surface area contributed by atoms with Gasteiger partial charge in [-0.1, -0.05) is 135 Å². The minimum absolute atomic E-state index is 0.0685. The summed E-state index contributed by atoms with van der Waals surface area (Å²) >= 11 is 0. The van der Waals surface area contributed by atoms with Crippen molar-refractivity contribution in [2.45, 2.75) is 92.8 Å². The van der Waals surface area contributed by atoms with Crippen LogP contribution in [-0.4, -0.2) is 19.1 Å². The Morgan fingerprint density at radius 3 is 1.94 bits per heavy atom. The van der Waals surface area contributed by atoms with Gasteiger partial charge in [0, 0.05) is 40.8 Å². The van der Waals surface area contributed by atoms with Crippen LogP contribution >= 0.6 is 0 Å². The van der Waals surface area contributed by atoms with Gasteiger partial charge in [-0.2, -0.15) is 0 Å². The van der Waals surface area contributed by atoms with Crippen molar-refractivity contribution >= 4 is 32.8 Å². The van der Waals surface area contributed by atoms with Crippen molar-refractivity contribution in [3.05, 3.63) is 168 Å². The normalized spacial score (nSPS) is 13.8. The predicted octanol–water partition coefficient (Wildman–Crippen LogP) is 14.0. The predicted molar refractivity (Wildman–Crippen MR) is 260 cm³/mol. The van der Waals surface area contributed by atoms with Crippen LogP contribution in [0.3, 0.4) is 0 Å². The number of pyridine rings is 2. The highest BCUT2D eigenvalue weighted by Crippen LogP contribution is 2.38. The Kier molecular flexibility index (Phi) is 9.59. The fourth-order valence-corrected chi connectivity index (χ4v) is 8.36. The first-order valence-electron chi connectivity index (χ1n) is 24.0. The minimum atomic E-state index is -1.71. The van der Waals surface area contributed by atoms with Gasteiger partial charge in [-0.25, -0.2) is 4.98 Å². The second-order valence-corrected chi connectivity index (χ2v) is 19.3. The number of aromatic nitrogens is 5. The molecule has 0 fully saturated rings. The molecule has 0 aliphatic heterocycles. The highest BCUT2D eigenvalue weighted by molar-refractivity contribution is 6.10. The fourth-order valence-electron chi connectivity index (χ4n) is 8.36. The standard InChI is InChI=1S/C57H59N5O/c1-37(2)26-39-28-40(27-38(3)4)30-45(29-39)60-36-61(51-21-17-43(32-53(51)60)56(5,6)7)54-35-47(23-25-58-54)63-46-18-19-48-49-31-42(41-14-12-11-13-15-41)16-20-50(49)62(52(48)34-46)55-33-44(22-24-59-55)57(8,9)10/h11-25,28-35,37-38H,26-27H2,1-10H3/i26D2,27D2. The Hall–Kier alpha value is -6.53. The van der Waals surface area contributed by atoms with Crippen LogP contribution in [-0.2, 0) is 23.6 Å². The van der Waals surface area contributed by atoms with Gasteiger partial charge >= 0.3 is 0 Å². The summed E-state index contributed by atoms with van der Waals surface area (Å²) < 4.78 is 49.2. The lowest BCUT2D eigenvalue weighted by atomic mass is 9.87. The third-order valence-electron chi connectivity index (χ3n) is 11.5. The van der Waals surface area contributed by atoms with Crippen LogP contribution in [0.4, 0.5) is 0 Å². The van der Waals surface area contributed by atoms with Crippen LogP contribution in [0.2, 0.25) is 0 Å². The number of ether oxygens (including phenoxy) is 1. The van der Waals surface area contributed by atoms with E-state index in [0.717, 1.165) is 55.3 Å². The molecule has 0 saturated carbocycles. The molecule has 0 aliphatic rings. The van der Waals surface area contributed by atoms with E-state index in [1.165, 1.54) is 5.56 Å². The molecule has 0 amide bonds. The van der Waals surface area contributed by atoms with Crippen LogP contribution in [0.1, 0.15) is 97.0 Å². The molecule has 0 radical (unpaired) electrons. The Morgan fingerprint density at radius 1 is 0.587 bits per heavy atom. The van der Waals surface area contributed by atoms with Crippen molar-refractivity contribution in [2.24, 2.45) is 11.8 Å². The molecular formula is C57H59N5O. The molecule has 4 heterocycles. The lowest BCUT2D eigenvalue weighted by Crippen LogP contribution is -2.30. The molecule has 6 heteroatoms. The highest BCUT2D eigenvalue weighted by atomic mass is 16.5. The van der Waals surface area contributed by atoms with Crippen LogP contribution in [0.25, 0.3) is 61.3 Å². The van der Waals surface area contributed by atoms with Gasteiger partial charge in [0.05, 0.1) is 27.8 Å². The average molecular weight is 834 g/mol. The largest absolute Gasteiger partial charge is 0.458 e.